The molecule has 1 aliphatic carbocycles. The Hall–Kier alpha value is -0.430. The maximum atomic E-state index is 12.1. The van der Waals surface area contributed by atoms with Gasteiger partial charge >= 0.3 is 0 Å². The maximum absolute atomic E-state index is 12.1. The highest BCUT2D eigenvalue weighted by atomic mass is 32.2. The summed E-state index contributed by atoms with van der Waals surface area (Å²) in [7, 11) is -3.30. The van der Waals surface area contributed by atoms with Crippen LogP contribution in [0.25, 0.3) is 0 Å². The fourth-order valence-electron chi connectivity index (χ4n) is 1.86. The normalized spacial score (nSPS) is 22.9. The summed E-state index contributed by atoms with van der Waals surface area (Å²) in [6.45, 7) is 7.14. The standard InChI is InChI=1S/C13H22N2O2S2/c1-9(2)14-7-6-11-4-5-13(18-11)19(16,17)15-12-8-10(12)3/h4-5,9-10,12,14-15H,6-8H2,1-3H3. The number of hydrogen-bond donors (Lipinski definition) is 2. The van der Waals surface area contributed by atoms with E-state index >= 15 is 0 Å². The van der Waals surface area contributed by atoms with Crippen molar-refractivity contribution in [2.24, 2.45) is 5.92 Å². The van der Waals surface area contributed by atoms with Gasteiger partial charge in [0.05, 0.1) is 0 Å². The van der Waals surface area contributed by atoms with E-state index in [2.05, 4.69) is 30.8 Å². The first-order chi connectivity index (χ1) is 8.88. The zero-order chi connectivity index (χ0) is 14.0. The van der Waals surface area contributed by atoms with Crippen LogP contribution in [0.2, 0.25) is 0 Å². The van der Waals surface area contributed by atoms with Gasteiger partial charge in [-0.25, -0.2) is 13.1 Å². The third-order valence-corrected chi connectivity index (χ3v) is 6.37. The molecule has 2 atom stereocenters. The van der Waals surface area contributed by atoms with Crippen molar-refractivity contribution in [1.82, 2.24) is 10.0 Å². The molecule has 108 valence electrons. The molecule has 1 fully saturated rings. The minimum absolute atomic E-state index is 0.137. The molecule has 2 rings (SSSR count). The molecule has 2 unspecified atom stereocenters. The first-order valence-corrected chi connectivity index (χ1v) is 9.03. The van der Waals surface area contributed by atoms with Gasteiger partial charge in [-0.15, -0.1) is 11.3 Å². The molecule has 1 aliphatic rings. The average Bonchev–Trinajstić information content (AvgIpc) is 2.79. The third kappa shape index (κ3) is 4.27. The molecule has 1 saturated carbocycles. The molecule has 0 spiro atoms. The first-order valence-electron chi connectivity index (χ1n) is 6.73. The molecule has 19 heavy (non-hydrogen) atoms. The summed E-state index contributed by atoms with van der Waals surface area (Å²) in [6, 6.07) is 4.22. The lowest BCUT2D eigenvalue weighted by Gasteiger charge is -2.06. The molecule has 2 N–H and O–H groups in total. The van der Waals surface area contributed by atoms with E-state index < -0.39 is 10.0 Å². The summed E-state index contributed by atoms with van der Waals surface area (Å²) in [5, 5.41) is 3.33. The van der Waals surface area contributed by atoms with Crippen molar-refractivity contribution in [1.29, 1.82) is 0 Å². The Bertz CT molecular complexity index is 523. The Kier molecular flexibility index (Phi) is 4.66. The predicted octanol–water partition coefficient (Wildman–Crippen LogP) is 1.98. The molecule has 4 nitrogen and oxygen atoms in total. The summed E-state index contributed by atoms with van der Waals surface area (Å²) in [6.07, 6.45) is 1.83. The van der Waals surface area contributed by atoms with Crippen molar-refractivity contribution in [3.05, 3.63) is 17.0 Å². The molecular formula is C13H22N2O2S2. The largest absolute Gasteiger partial charge is 0.314 e. The Morgan fingerprint density at radius 2 is 2.11 bits per heavy atom. The fourth-order valence-corrected chi connectivity index (χ4v) is 4.59. The quantitative estimate of drug-likeness (QED) is 0.809. The summed E-state index contributed by atoms with van der Waals surface area (Å²) in [5.41, 5.74) is 0. The Morgan fingerprint density at radius 3 is 2.68 bits per heavy atom. The van der Waals surface area contributed by atoms with Crippen LogP contribution >= 0.6 is 11.3 Å². The van der Waals surface area contributed by atoms with Crippen LogP contribution in [0.3, 0.4) is 0 Å². The zero-order valence-electron chi connectivity index (χ0n) is 11.6. The van der Waals surface area contributed by atoms with Crippen molar-refractivity contribution in [2.45, 2.75) is 49.9 Å². The van der Waals surface area contributed by atoms with Gasteiger partial charge in [0.25, 0.3) is 0 Å². The molecule has 0 saturated heterocycles. The Balaban J connectivity index is 1.92. The van der Waals surface area contributed by atoms with Crippen LogP contribution in [0.1, 0.15) is 32.1 Å². The highest BCUT2D eigenvalue weighted by Gasteiger charge is 2.36. The van der Waals surface area contributed by atoms with E-state index in [4.69, 9.17) is 0 Å². The van der Waals surface area contributed by atoms with Crippen LogP contribution in [0.15, 0.2) is 16.3 Å². The Morgan fingerprint density at radius 1 is 1.42 bits per heavy atom. The van der Waals surface area contributed by atoms with Gasteiger partial charge in [-0.3, -0.25) is 0 Å². The van der Waals surface area contributed by atoms with Gasteiger partial charge in [0, 0.05) is 23.5 Å². The second-order valence-electron chi connectivity index (χ2n) is 5.52. The van der Waals surface area contributed by atoms with Gasteiger partial charge in [-0.2, -0.15) is 0 Å². The van der Waals surface area contributed by atoms with Crippen LogP contribution in [-0.4, -0.2) is 27.0 Å². The number of sulfonamides is 1. The lowest BCUT2D eigenvalue weighted by molar-refractivity contribution is 0.580. The number of thiophene rings is 1. The number of nitrogens with one attached hydrogen (secondary N) is 2. The summed E-state index contributed by atoms with van der Waals surface area (Å²) >= 11 is 1.37. The summed E-state index contributed by atoms with van der Waals surface area (Å²) < 4.78 is 27.4. The van der Waals surface area contributed by atoms with Crippen molar-refractivity contribution < 1.29 is 8.42 Å². The topological polar surface area (TPSA) is 58.2 Å². The minimum atomic E-state index is -3.30. The maximum Gasteiger partial charge on any atom is 0.250 e. The average molecular weight is 302 g/mol. The van der Waals surface area contributed by atoms with Gasteiger partial charge in [0.1, 0.15) is 4.21 Å². The monoisotopic (exact) mass is 302 g/mol. The zero-order valence-corrected chi connectivity index (χ0v) is 13.3. The summed E-state index contributed by atoms with van der Waals surface area (Å²) in [5.74, 6) is 0.476. The van der Waals surface area contributed by atoms with Crippen LogP contribution in [0, 0.1) is 5.92 Å². The van der Waals surface area contributed by atoms with Crippen molar-refractivity contribution in [3.63, 3.8) is 0 Å². The summed E-state index contributed by atoms with van der Waals surface area (Å²) in [4.78, 5) is 1.11. The van der Waals surface area contributed by atoms with E-state index in [9.17, 15) is 8.42 Å². The molecular weight excluding hydrogens is 280 g/mol. The molecule has 0 amide bonds. The van der Waals surface area contributed by atoms with E-state index in [0.29, 0.717) is 16.2 Å². The highest BCUT2D eigenvalue weighted by Crippen LogP contribution is 2.31. The minimum Gasteiger partial charge on any atom is -0.314 e. The third-order valence-electron chi connectivity index (χ3n) is 3.24. The van der Waals surface area contributed by atoms with Crippen LogP contribution in [-0.2, 0) is 16.4 Å². The Labute approximate surface area is 119 Å². The first kappa shape index (κ1) is 15.0. The van der Waals surface area contributed by atoms with E-state index in [1.54, 1.807) is 6.07 Å². The molecule has 0 aromatic carbocycles. The second kappa shape index (κ2) is 5.91. The molecule has 0 bridgehead atoms. The molecule has 0 aliphatic heterocycles. The van der Waals surface area contributed by atoms with Crippen LogP contribution in [0.4, 0.5) is 0 Å². The fraction of sp³-hybridized carbons (Fsp3) is 0.692. The lowest BCUT2D eigenvalue weighted by atomic mass is 10.3. The van der Waals surface area contributed by atoms with Gasteiger partial charge in [0.15, 0.2) is 0 Å². The molecule has 6 heteroatoms. The molecule has 1 aromatic rings. The SMILES string of the molecule is CC(C)NCCc1ccc(S(=O)(=O)NC2CC2C)s1. The van der Waals surface area contributed by atoms with Crippen molar-refractivity contribution in [3.8, 4) is 0 Å². The number of rotatable bonds is 7. The predicted molar refractivity (Wildman–Crippen MR) is 79.1 cm³/mol. The second-order valence-corrected chi connectivity index (χ2v) is 8.63. The smallest absolute Gasteiger partial charge is 0.250 e. The van der Waals surface area contributed by atoms with E-state index in [0.717, 1.165) is 24.3 Å². The lowest BCUT2D eigenvalue weighted by Crippen LogP contribution is -2.26. The molecule has 0 radical (unpaired) electrons. The van der Waals surface area contributed by atoms with Gasteiger partial charge < -0.3 is 5.32 Å². The number of hydrogen-bond acceptors (Lipinski definition) is 4. The highest BCUT2D eigenvalue weighted by molar-refractivity contribution is 7.91. The van der Waals surface area contributed by atoms with Crippen molar-refractivity contribution >= 4 is 21.4 Å². The van der Waals surface area contributed by atoms with Crippen LogP contribution < -0.4 is 10.0 Å². The van der Waals surface area contributed by atoms with Crippen LogP contribution in [0.5, 0.6) is 0 Å². The van der Waals surface area contributed by atoms with E-state index in [-0.39, 0.29) is 6.04 Å². The molecule has 1 heterocycles. The van der Waals surface area contributed by atoms with Crippen molar-refractivity contribution in [2.75, 3.05) is 6.54 Å². The van der Waals surface area contributed by atoms with Gasteiger partial charge in [-0.1, -0.05) is 20.8 Å². The van der Waals surface area contributed by atoms with E-state index in [1.165, 1.54) is 11.3 Å². The van der Waals surface area contributed by atoms with Gasteiger partial charge in [0.2, 0.25) is 10.0 Å². The molecule has 1 aromatic heterocycles. The van der Waals surface area contributed by atoms with E-state index in [1.807, 2.05) is 6.07 Å². The van der Waals surface area contributed by atoms with Gasteiger partial charge in [-0.05, 0) is 30.9 Å².